The van der Waals surface area contributed by atoms with Gasteiger partial charge in [0, 0.05) is 17.0 Å². The number of carbonyl (C=O) groups excluding carboxylic acids is 2. The van der Waals surface area contributed by atoms with Crippen LogP contribution < -0.4 is 11.1 Å². The number of nitrogens with two attached hydrogens (primary N) is 1. The Morgan fingerprint density at radius 3 is 2.50 bits per heavy atom. The number of hydrogen-bond acceptors (Lipinski definition) is 3. The molecule has 0 saturated heterocycles. The van der Waals surface area contributed by atoms with Crippen molar-refractivity contribution in [1.29, 1.82) is 5.26 Å². The van der Waals surface area contributed by atoms with E-state index in [0.717, 1.165) is 0 Å². The number of hydrogen-bond donors (Lipinski definition) is 2. The molecule has 0 aliphatic rings. The van der Waals surface area contributed by atoms with Crippen LogP contribution in [0.4, 0.5) is 0 Å². The Balaban J connectivity index is 2.69. The van der Waals surface area contributed by atoms with Gasteiger partial charge < -0.3 is 11.1 Å². The molecule has 5 nitrogen and oxygen atoms in total. The van der Waals surface area contributed by atoms with Gasteiger partial charge in [0.2, 0.25) is 5.91 Å². The van der Waals surface area contributed by atoms with Crippen LogP contribution in [0.5, 0.6) is 0 Å². The Kier molecular flexibility index (Phi) is 5.15. The highest BCUT2D eigenvalue weighted by Gasteiger charge is 2.18. The summed E-state index contributed by atoms with van der Waals surface area (Å²) in [5, 5.41) is 11.4. The van der Waals surface area contributed by atoms with Crippen LogP contribution in [-0.2, 0) is 4.79 Å². The first kappa shape index (κ1) is 14.0. The van der Waals surface area contributed by atoms with Crippen molar-refractivity contribution in [1.82, 2.24) is 5.32 Å². The number of halogens is 1. The molecule has 0 aliphatic heterocycles. The second-order valence-electron chi connectivity index (χ2n) is 3.63. The van der Waals surface area contributed by atoms with Crippen LogP contribution in [0.1, 0.15) is 23.2 Å². The van der Waals surface area contributed by atoms with Crippen molar-refractivity contribution in [2.45, 2.75) is 18.9 Å². The summed E-state index contributed by atoms with van der Waals surface area (Å²) in [5.74, 6) is -1.08. The molecule has 0 bridgehead atoms. The van der Waals surface area contributed by atoms with E-state index in [-0.39, 0.29) is 12.8 Å². The lowest BCUT2D eigenvalue weighted by Crippen LogP contribution is -2.44. The third-order valence-corrected chi connectivity index (χ3v) is 2.55. The zero-order valence-electron chi connectivity index (χ0n) is 9.52. The summed E-state index contributed by atoms with van der Waals surface area (Å²) >= 11 is 5.70. The van der Waals surface area contributed by atoms with Crippen molar-refractivity contribution in [3.8, 4) is 6.07 Å². The molecule has 6 heteroatoms. The molecule has 0 heterocycles. The normalized spacial score (nSPS) is 11.3. The topological polar surface area (TPSA) is 96.0 Å². The first-order valence-corrected chi connectivity index (χ1v) is 5.65. The summed E-state index contributed by atoms with van der Waals surface area (Å²) < 4.78 is 0. The van der Waals surface area contributed by atoms with E-state index in [0.29, 0.717) is 10.6 Å². The monoisotopic (exact) mass is 265 g/mol. The summed E-state index contributed by atoms with van der Waals surface area (Å²) in [6.45, 7) is 0. The SMILES string of the molecule is N#CCC[C@H](NC(=O)c1ccc(Cl)cc1)C(N)=O. The predicted octanol–water partition coefficient (Wildman–Crippen LogP) is 1.23. The van der Waals surface area contributed by atoms with E-state index >= 15 is 0 Å². The second kappa shape index (κ2) is 6.62. The first-order chi connectivity index (χ1) is 8.54. The zero-order valence-corrected chi connectivity index (χ0v) is 10.3. The minimum atomic E-state index is -0.840. The van der Waals surface area contributed by atoms with E-state index in [4.69, 9.17) is 22.6 Å². The number of primary amides is 1. The molecule has 1 aromatic carbocycles. The highest BCUT2D eigenvalue weighted by atomic mass is 35.5. The number of nitrogens with zero attached hydrogens (tertiary/aromatic N) is 1. The van der Waals surface area contributed by atoms with E-state index in [2.05, 4.69) is 5.32 Å². The molecule has 0 fully saturated rings. The van der Waals surface area contributed by atoms with Gasteiger partial charge in [0.1, 0.15) is 6.04 Å². The van der Waals surface area contributed by atoms with E-state index < -0.39 is 17.9 Å². The Labute approximate surface area is 110 Å². The fourth-order valence-electron chi connectivity index (χ4n) is 1.34. The van der Waals surface area contributed by atoms with Gasteiger partial charge >= 0.3 is 0 Å². The molecule has 94 valence electrons. The van der Waals surface area contributed by atoms with Gasteiger partial charge in [-0.3, -0.25) is 9.59 Å². The zero-order chi connectivity index (χ0) is 13.5. The molecule has 0 radical (unpaired) electrons. The average molecular weight is 266 g/mol. The van der Waals surface area contributed by atoms with Crippen LogP contribution in [-0.4, -0.2) is 17.9 Å². The number of carbonyl (C=O) groups is 2. The molecular formula is C12H12ClN3O2. The quantitative estimate of drug-likeness (QED) is 0.838. The summed E-state index contributed by atoms with van der Waals surface area (Å²) in [7, 11) is 0. The van der Waals surface area contributed by atoms with Crippen LogP contribution in [0.3, 0.4) is 0 Å². The maximum atomic E-state index is 11.8. The highest BCUT2D eigenvalue weighted by molar-refractivity contribution is 6.30. The number of nitriles is 1. The number of rotatable bonds is 5. The van der Waals surface area contributed by atoms with E-state index in [1.54, 1.807) is 24.3 Å². The molecule has 18 heavy (non-hydrogen) atoms. The molecule has 0 saturated carbocycles. The Hall–Kier alpha value is -2.06. The van der Waals surface area contributed by atoms with Gasteiger partial charge in [0.25, 0.3) is 5.91 Å². The van der Waals surface area contributed by atoms with E-state index in [9.17, 15) is 9.59 Å². The molecule has 1 aromatic rings. The Morgan fingerprint density at radius 2 is 2.00 bits per heavy atom. The number of amides is 2. The number of nitrogens with one attached hydrogen (secondary N) is 1. The smallest absolute Gasteiger partial charge is 0.251 e. The van der Waals surface area contributed by atoms with Crippen LogP contribution in [0.15, 0.2) is 24.3 Å². The standard InChI is InChI=1S/C12H12ClN3O2/c13-9-5-3-8(4-6-9)12(18)16-10(11(15)17)2-1-7-14/h3-6,10H,1-2H2,(H2,15,17)(H,16,18)/t10-/m0/s1. The van der Waals surface area contributed by atoms with E-state index in [1.165, 1.54) is 0 Å². The molecule has 1 atom stereocenters. The highest BCUT2D eigenvalue weighted by Crippen LogP contribution is 2.09. The van der Waals surface area contributed by atoms with E-state index in [1.807, 2.05) is 6.07 Å². The second-order valence-corrected chi connectivity index (χ2v) is 4.07. The maximum absolute atomic E-state index is 11.8. The molecule has 3 N–H and O–H groups in total. The Morgan fingerprint density at radius 1 is 1.39 bits per heavy atom. The fourth-order valence-corrected chi connectivity index (χ4v) is 1.46. The summed E-state index contributed by atoms with van der Waals surface area (Å²) in [4.78, 5) is 22.9. The average Bonchev–Trinajstić information content (AvgIpc) is 2.34. The van der Waals surface area contributed by atoms with Crippen molar-refractivity contribution in [2.24, 2.45) is 5.73 Å². The van der Waals surface area contributed by atoms with Gasteiger partial charge in [-0.25, -0.2) is 0 Å². The molecule has 2 amide bonds. The van der Waals surface area contributed by atoms with Gasteiger partial charge in [0.15, 0.2) is 0 Å². The van der Waals surface area contributed by atoms with Crippen LogP contribution in [0.2, 0.25) is 5.02 Å². The lowest BCUT2D eigenvalue weighted by atomic mass is 10.1. The summed E-state index contributed by atoms with van der Waals surface area (Å²) in [5.41, 5.74) is 5.52. The van der Waals surface area contributed by atoms with Gasteiger partial charge in [-0.1, -0.05) is 11.6 Å². The number of benzene rings is 1. The lowest BCUT2D eigenvalue weighted by molar-refractivity contribution is -0.119. The largest absolute Gasteiger partial charge is 0.368 e. The molecule has 0 aliphatic carbocycles. The van der Waals surface area contributed by atoms with Crippen molar-refractivity contribution >= 4 is 23.4 Å². The van der Waals surface area contributed by atoms with Crippen molar-refractivity contribution < 1.29 is 9.59 Å². The third kappa shape index (κ3) is 4.07. The summed E-state index contributed by atoms with van der Waals surface area (Å²) in [6.07, 6.45) is 0.347. The fraction of sp³-hybridized carbons (Fsp3) is 0.250. The summed E-state index contributed by atoms with van der Waals surface area (Å²) in [6, 6.07) is 7.29. The van der Waals surface area contributed by atoms with Crippen molar-refractivity contribution in [2.75, 3.05) is 0 Å². The third-order valence-electron chi connectivity index (χ3n) is 2.30. The van der Waals surface area contributed by atoms with Gasteiger partial charge in [-0.2, -0.15) is 5.26 Å². The van der Waals surface area contributed by atoms with Crippen molar-refractivity contribution in [3.05, 3.63) is 34.9 Å². The van der Waals surface area contributed by atoms with Crippen molar-refractivity contribution in [3.63, 3.8) is 0 Å². The molecule has 1 rings (SSSR count). The minimum Gasteiger partial charge on any atom is -0.368 e. The predicted molar refractivity (Wildman–Crippen MR) is 66.7 cm³/mol. The molecular weight excluding hydrogens is 254 g/mol. The molecule has 0 unspecified atom stereocenters. The Bertz CT molecular complexity index is 479. The van der Waals surface area contributed by atoms with Gasteiger partial charge in [0.05, 0.1) is 6.07 Å². The minimum absolute atomic E-state index is 0.147. The van der Waals surface area contributed by atoms with Crippen LogP contribution in [0.25, 0.3) is 0 Å². The maximum Gasteiger partial charge on any atom is 0.251 e. The van der Waals surface area contributed by atoms with Crippen LogP contribution >= 0.6 is 11.6 Å². The molecule has 0 spiro atoms. The van der Waals surface area contributed by atoms with Gasteiger partial charge in [-0.05, 0) is 30.7 Å². The van der Waals surface area contributed by atoms with Crippen LogP contribution in [0, 0.1) is 11.3 Å². The van der Waals surface area contributed by atoms with Gasteiger partial charge in [-0.15, -0.1) is 0 Å². The first-order valence-electron chi connectivity index (χ1n) is 5.27. The lowest BCUT2D eigenvalue weighted by Gasteiger charge is -2.13. The molecule has 0 aromatic heterocycles.